The van der Waals surface area contributed by atoms with Gasteiger partial charge in [-0.05, 0) is 29.8 Å². The lowest BCUT2D eigenvalue weighted by atomic mass is 10.2. The van der Waals surface area contributed by atoms with Gasteiger partial charge in [-0.1, -0.05) is 40.2 Å². The van der Waals surface area contributed by atoms with Gasteiger partial charge in [0.2, 0.25) is 0 Å². The van der Waals surface area contributed by atoms with Crippen LogP contribution in [0.5, 0.6) is 5.75 Å². The van der Waals surface area contributed by atoms with Gasteiger partial charge < -0.3 is 14.5 Å². The molecule has 1 aliphatic heterocycles. The second-order valence-electron chi connectivity index (χ2n) is 6.21. The van der Waals surface area contributed by atoms with E-state index in [1.807, 2.05) is 48.5 Å². The normalized spacial score (nSPS) is 14.2. The number of hydrogen-bond donors (Lipinski definition) is 1. The molecule has 0 bridgehead atoms. The second kappa shape index (κ2) is 9.36. The molecule has 8 heteroatoms. The Kier molecular flexibility index (Phi) is 6.65. The number of methoxy groups -OCH3 is 1. The number of nitrogens with zero attached hydrogens (tertiary/aromatic N) is 3. The Hall–Kier alpha value is -2.87. The molecule has 2 aromatic carbocycles. The van der Waals surface area contributed by atoms with E-state index in [1.54, 1.807) is 7.11 Å². The molecule has 7 nitrogen and oxygen atoms in total. The lowest BCUT2D eigenvalue weighted by molar-refractivity contribution is -0.146. The summed E-state index contributed by atoms with van der Waals surface area (Å²) < 4.78 is 6.30. The zero-order chi connectivity index (χ0) is 19.9. The fraction of sp³-hybridized carbons (Fsp3) is 0.250. The maximum atomic E-state index is 12.4. The number of carbonyl (C=O) groups excluding carboxylic acids is 2. The summed E-state index contributed by atoms with van der Waals surface area (Å²) in [5.74, 6) is -0.523. The van der Waals surface area contributed by atoms with Crippen LogP contribution in [-0.2, 0) is 9.59 Å². The molecule has 0 aromatic heterocycles. The lowest BCUT2D eigenvalue weighted by Gasteiger charge is -2.36. The highest BCUT2D eigenvalue weighted by atomic mass is 79.9. The van der Waals surface area contributed by atoms with Crippen LogP contribution >= 0.6 is 15.9 Å². The van der Waals surface area contributed by atoms with E-state index in [4.69, 9.17) is 4.74 Å². The van der Waals surface area contributed by atoms with E-state index < -0.39 is 11.8 Å². The number of carbonyl (C=O) groups is 2. The summed E-state index contributed by atoms with van der Waals surface area (Å²) in [5.41, 5.74) is 4.10. The third kappa shape index (κ3) is 4.89. The van der Waals surface area contributed by atoms with Crippen LogP contribution in [0.2, 0.25) is 0 Å². The predicted molar refractivity (Wildman–Crippen MR) is 112 cm³/mol. The van der Waals surface area contributed by atoms with Crippen molar-refractivity contribution < 1.29 is 14.3 Å². The average Bonchev–Trinajstić information content (AvgIpc) is 2.73. The molecule has 0 saturated carbocycles. The van der Waals surface area contributed by atoms with E-state index >= 15 is 0 Å². The standard InChI is InChI=1S/C20H21BrN4O3/c1-28-18-8-3-2-7-17(18)24-9-11-25(12-10-24)20(27)19(26)23-22-14-15-5-4-6-16(21)13-15/h2-8,13-14H,9-12H2,1H3,(H,23,26)/b22-14-. The van der Waals surface area contributed by atoms with Crippen LogP contribution in [0, 0.1) is 0 Å². The van der Waals surface area contributed by atoms with Crippen molar-refractivity contribution in [1.29, 1.82) is 0 Å². The molecule has 2 amide bonds. The number of anilines is 1. The molecular formula is C20H21BrN4O3. The quantitative estimate of drug-likeness (QED) is 0.445. The topological polar surface area (TPSA) is 74.2 Å². The molecular weight excluding hydrogens is 424 g/mol. The van der Waals surface area contributed by atoms with Gasteiger partial charge in [-0.3, -0.25) is 9.59 Å². The molecule has 1 heterocycles. The molecule has 2 aromatic rings. The third-order valence-corrected chi connectivity index (χ3v) is 4.91. The zero-order valence-corrected chi connectivity index (χ0v) is 17.1. The number of nitrogens with one attached hydrogen (secondary N) is 1. The fourth-order valence-electron chi connectivity index (χ4n) is 2.99. The predicted octanol–water partition coefficient (Wildman–Crippen LogP) is 2.26. The largest absolute Gasteiger partial charge is 0.495 e. The molecule has 1 saturated heterocycles. The number of halogens is 1. The van der Waals surface area contributed by atoms with Crippen molar-refractivity contribution in [2.45, 2.75) is 0 Å². The van der Waals surface area contributed by atoms with Gasteiger partial charge in [0.1, 0.15) is 5.75 Å². The SMILES string of the molecule is COc1ccccc1N1CCN(C(=O)C(=O)N/N=C\c2cccc(Br)c2)CC1. The summed E-state index contributed by atoms with van der Waals surface area (Å²) in [6, 6.07) is 15.2. The molecule has 28 heavy (non-hydrogen) atoms. The molecule has 0 atom stereocenters. The van der Waals surface area contributed by atoms with Crippen LogP contribution in [0.25, 0.3) is 0 Å². The highest BCUT2D eigenvalue weighted by molar-refractivity contribution is 9.10. The summed E-state index contributed by atoms with van der Waals surface area (Å²) >= 11 is 3.37. The summed E-state index contributed by atoms with van der Waals surface area (Å²) in [7, 11) is 1.64. The average molecular weight is 445 g/mol. The Morgan fingerprint density at radius 3 is 2.57 bits per heavy atom. The van der Waals surface area contributed by atoms with Crippen LogP contribution in [-0.4, -0.2) is 56.2 Å². The number of piperazine rings is 1. The molecule has 3 rings (SSSR count). The highest BCUT2D eigenvalue weighted by Gasteiger charge is 2.26. The van der Waals surface area contributed by atoms with Crippen molar-refractivity contribution in [2.75, 3.05) is 38.2 Å². The van der Waals surface area contributed by atoms with Crippen LogP contribution in [0.3, 0.4) is 0 Å². The van der Waals surface area contributed by atoms with Crippen LogP contribution < -0.4 is 15.1 Å². The Balaban J connectivity index is 1.52. The van der Waals surface area contributed by atoms with E-state index in [1.165, 1.54) is 11.1 Å². The van der Waals surface area contributed by atoms with Crippen LogP contribution in [0.15, 0.2) is 58.1 Å². The van der Waals surface area contributed by atoms with E-state index in [0.717, 1.165) is 21.5 Å². The van der Waals surface area contributed by atoms with Gasteiger partial charge in [0, 0.05) is 30.7 Å². The number of hydrazone groups is 1. The summed E-state index contributed by atoms with van der Waals surface area (Å²) in [5, 5.41) is 3.86. The van der Waals surface area contributed by atoms with Crippen LogP contribution in [0.4, 0.5) is 5.69 Å². The molecule has 146 valence electrons. The minimum Gasteiger partial charge on any atom is -0.495 e. The molecule has 1 aliphatic rings. The Labute approximate surface area is 172 Å². The molecule has 1 N–H and O–H groups in total. The van der Waals surface area contributed by atoms with Gasteiger partial charge >= 0.3 is 11.8 Å². The number of hydrogen-bond acceptors (Lipinski definition) is 5. The van der Waals surface area contributed by atoms with Gasteiger partial charge in [-0.2, -0.15) is 5.10 Å². The molecule has 0 aliphatic carbocycles. The summed E-state index contributed by atoms with van der Waals surface area (Å²) in [6.45, 7) is 2.17. The van der Waals surface area contributed by atoms with Crippen molar-refractivity contribution in [3.8, 4) is 5.75 Å². The Morgan fingerprint density at radius 2 is 1.86 bits per heavy atom. The van der Waals surface area contributed by atoms with Gasteiger partial charge in [0.25, 0.3) is 0 Å². The smallest absolute Gasteiger partial charge is 0.329 e. The zero-order valence-electron chi connectivity index (χ0n) is 15.5. The molecule has 0 unspecified atom stereocenters. The van der Waals surface area contributed by atoms with E-state index in [-0.39, 0.29) is 0 Å². The first-order valence-electron chi connectivity index (χ1n) is 8.84. The number of amides is 2. The van der Waals surface area contributed by atoms with Crippen molar-refractivity contribution >= 4 is 39.6 Å². The number of rotatable bonds is 4. The summed E-state index contributed by atoms with van der Waals surface area (Å²) in [4.78, 5) is 28.1. The minimum absolute atomic E-state index is 0.458. The van der Waals surface area contributed by atoms with Crippen molar-refractivity contribution in [3.05, 3.63) is 58.6 Å². The first-order chi connectivity index (χ1) is 13.6. The van der Waals surface area contributed by atoms with E-state index in [0.29, 0.717) is 26.2 Å². The van der Waals surface area contributed by atoms with E-state index in [9.17, 15) is 9.59 Å². The van der Waals surface area contributed by atoms with Crippen molar-refractivity contribution in [1.82, 2.24) is 10.3 Å². The summed E-state index contributed by atoms with van der Waals surface area (Å²) in [6.07, 6.45) is 1.50. The maximum Gasteiger partial charge on any atom is 0.329 e. The number of para-hydroxylation sites is 2. The third-order valence-electron chi connectivity index (χ3n) is 4.42. The monoisotopic (exact) mass is 444 g/mol. The first-order valence-corrected chi connectivity index (χ1v) is 9.63. The van der Waals surface area contributed by atoms with E-state index in [2.05, 4.69) is 31.4 Å². The highest BCUT2D eigenvalue weighted by Crippen LogP contribution is 2.28. The number of benzene rings is 2. The molecule has 0 radical (unpaired) electrons. The van der Waals surface area contributed by atoms with Crippen molar-refractivity contribution in [3.63, 3.8) is 0 Å². The molecule has 0 spiro atoms. The Bertz CT molecular complexity index is 879. The number of ether oxygens (including phenoxy) is 1. The second-order valence-corrected chi connectivity index (χ2v) is 7.12. The fourth-order valence-corrected chi connectivity index (χ4v) is 3.40. The van der Waals surface area contributed by atoms with Crippen LogP contribution in [0.1, 0.15) is 5.56 Å². The van der Waals surface area contributed by atoms with Gasteiger partial charge in [0.05, 0.1) is 19.0 Å². The first kappa shape index (κ1) is 19.9. The minimum atomic E-state index is -0.739. The van der Waals surface area contributed by atoms with Gasteiger partial charge in [-0.15, -0.1) is 0 Å². The van der Waals surface area contributed by atoms with Gasteiger partial charge in [0.15, 0.2) is 0 Å². The van der Waals surface area contributed by atoms with Gasteiger partial charge in [-0.25, -0.2) is 5.43 Å². The Morgan fingerprint density at radius 1 is 1.11 bits per heavy atom. The molecule has 1 fully saturated rings. The van der Waals surface area contributed by atoms with Crippen molar-refractivity contribution in [2.24, 2.45) is 5.10 Å². The maximum absolute atomic E-state index is 12.4. The lowest BCUT2D eigenvalue weighted by Crippen LogP contribution is -2.52.